The summed E-state index contributed by atoms with van der Waals surface area (Å²) in [5.74, 6) is -0.201. The summed E-state index contributed by atoms with van der Waals surface area (Å²) in [4.78, 5) is 14.0. The molecule has 0 N–H and O–H groups in total. The van der Waals surface area contributed by atoms with E-state index in [1.165, 1.54) is 12.1 Å². The molecule has 1 heterocycles. The van der Waals surface area contributed by atoms with Crippen LogP contribution in [0.25, 0.3) is 0 Å². The van der Waals surface area contributed by atoms with Gasteiger partial charge in [0.1, 0.15) is 5.82 Å². The van der Waals surface area contributed by atoms with E-state index in [1.807, 2.05) is 31.2 Å². The van der Waals surface area contributed by atoms with E-state index in [0.29, 0.717) is 19.7 Å². The molecule has 2 aromatic carbocycles. The minimum absolute atomic E-state index is 0.0466. The minimum Gasteiger partial charge on any atom is -0.370 e. The van der Waals surface area contributed by atoms with Crippen molar-refractivity contribution in [2.45, 2.75) is 19.6 Å². The second-order valence-electron chi connectivity index (χ2n) is 5.64. The number of ether oxygens (including phenoxy) is 1. The molecule has 0 unspecified atom stereocenters. The number of aryl methyl sites for hydroxylation is 1. The molecule has 0 aliphatic carbocycles. The van der Waals surface area contributed by atoms with Crippen LogP contribution in [0, 0.1) is 12.7 Å². The highest BCUT2D eigenvalue weighted by atomic mass is 19.1. The van der Waals surface area contributed by atoms with Gasteiger partial charge in [0.2, 0.25) is 0 Å². The fourth-order valence-corrected chi connectivity index (χ4v) is 2.46. The molecule has 0 saturated carbocycles. The number of hydrogen-bond donors (Lipinski definition) is 0. The molecule has 4 heteroatoms. The first-order chi connectivity index (χ1) is 10.6. The largest absolute Gasteiger partial charge is 0.370 e. The lowest BCUT2D eigenvalue weighted by Gasteiger charge is -2.39. The predicted molar refractivity (Wildman–Crippen MR) is 82.1 cm³/mol. The second kappa shape index (κ2) is 6.28. The van der Waals surface area contributed by atoms with Gasteiger partial charge in [-0.15, -0.1) is 0 Å². The van der Waals surface area contributed by atoms with Crippen molar-refractivity contribution in [3.63, 3.8) is 0 Å². The molecule has 1 amide bonds. The van der Waals surface area contributed by atoms with Crippen molar-refractivity contribution in [2.24, 2.45) is 0 Å². The summed E-state index contributed by atoms with van der Waals surface area (Å²) < 4.78 is 18.5. The molecular formula is C18H18FNO2. The zero-order valence-electron chi connectivity index (χ0n) is 12.5. The molecule has 22 heavy (non-hydrogen) atoms. The highest BCUT2D eigenvalue weighted by molar-refractivity contribution is 5.94. The van der Waals surface area contributed by atoms with Gasteiger partial charge in [-0.1, -0.05) is 29.8 Å². The molecule has 114 valence electrons. The molecule has 0 aromatic heterocycles. The van der Waals surface area contributed by atoms with Crippen molar-refractivity contribution >= 4 is 5.91 Å². The maximum absolute atomic E-state index is 12.8. The van der Waals surface area contributed by atoms with Crippen LogP contribution in [0.4, 0.5) is 4.39 Å². The third-order valence-electron chi connectivity index (χ3n) is 3.80. The van der Waals surface area contributed by atoms with Crippen molar-refractivity contribution in [3.8, 4) is 0 Å². The van der Waals surface area contributed by atoms with Gasteiger partial charge in [-0.3, -0.25) is 4.79 Å². The second-order valence-corrected chi connectivity index (χ2v) is 5.64. The van der Waals surface area contributed by atoms with E-state index >= 15 is 0 Å². The Morgan fingerprint density at radius 2 is 1.95 bits per heavy atom. The Labute approximate surface area is 129 Å². The zero-order valence-corrected chi connectivity index (χ0v) is 12.5. The van der Waals surface area contributed by atoms with Crippen LogP contribution in [0.3, 0.4) is 0 Å². The maximum atomic E-state index is 12.8. The van der Waals surface area contributed by atoms with E-state index in [-0.39, 0.29) is 17.8 Å². The summed E-state index contributed by atoms with van der Waals surface area (Å²) in [6.07, 6.45) is 0.0545. The number of likely N-dealkylation sites (tertiary alicyclic amines) is 1. The van der Waals surface area contributed by atoms with Gasteiger partial charge in [0.05, 0.1) is 12.7 Å². The Morgan fingerprint density at radius 1 is 1.23 bits per heavy atom. The van der Waals surface area contributed by atoms with Gasteiger partial charge >= 0.3 is 0 Å². The Bertz CT molecular complexity index is 663. The minimum atomic E-state index is -0.248. The summed E-state index contributed by atoms with van der Waals surface area (Å²) in [7, 11) is 0. The number of benzene rings is 2. The summed E-state index contributed by atoms with van der Waals surface area (Å²) in [5, 5.41) is 0. The first kappa shape index (κ1) is 14.7. The SMILES string of the molecule is Cc1cccc(C(=O)N2CC(OCc3ccc(F)cc3)C2)c1. The first-order valence-corrected chi connectivity index (χ1v) is 7.34. The van der Waals surface area contributed by atoms with Crippen LogP contribution < -0.4 is 0 Å². The van der Waals surface area contributed by atoms with Crippen LogP contribution in [-0.2, 0) is 11.3 Å². The summed E-state index contributed by atoms with van der Waals surface area (Å²) >= 11 is 0. The van der Waals surface area contributed by atoms with Crippen LogP contribution in [0.1, 0.15) is 21.5 Å². The van der Waals surface area contributed by atoms with Gasteiger partial charge in [0.15, 0.2) is 0 Å². The quantitative estimate of drug-likeness (QED) is 0.868. The van der Waals surface area contributed by atoms with E-state index in [1.54, 1.807) is 17.0 Å². The number of halogens is 1. The summed E-state index contributed by atoms with van der Waals surface area (Å²) in [6, 6.07) is 13.9. The highest BCUT2D eigenvalue weighted by Crippen LogP contribution is 2.18. The number of amides is 1. The third-order valence-corrected chi connectivity index (χ3v) is 3.80. The molecule has 0 spiro atoms. The normalized spacial score (nSPS) is 14.7. The van der Waals surface area contributed by atoms with Gasteiger partial charge in [0.25, 0.3) is 5.91 Å². The fourth-order valence-electron chi connectivity index (χ4n) is 2.46. The van der Waals surface area contributed by atoms with Gasteiger partial charge in [0, 0.05) is 18.7 Å². The Balaban J connectivity index is 1.47. The van der Waals surface area contributed by atoms with Gasteiger partial charge in [-0.05, 0) is 36.8 Å². The lowest BCUT2D eigenvalue weighted by molar-refractivity contribution is -0.0503. The van der Waals surface area contributed by atoms with Crippen molar-refractivity contribution in [3.05, 3.63) is 71.0 Å². The molecule has 0 bridgehead atoms. The molecule has 1 fully saturated rings. The molecule has 3 rings (SSSR count). The van der Waals surface area contributed by atoms with Crippen LogP contribution in [0.15, 0.2) is 48.5 Å². The first-order valence-electron chi connectivity index (χ1n) is 7.34. The molecule has 3 nitrogen and oxygen atoms in total. The average Bonchev–Trinajstić information content (AvgIpc) is 2.47. The van der Waals surface area contributed by atoms with E-state index in [9.17, 15) is 9.18 Å². The highest BCUT2D eigenvalue weighted by Gasteiger charge is 2.31. The maximum Gasteiger partial charge on any atom is 0.254 e. The van der Waals surface area contributed by atoms with Crippen LogP contribution in [-0.4, -0.2) is 30.0 Å². The molecule has 0 radical (unpaired) electrons. The summed E-state index contributed by atoms with van der Waals surface area (Å²) in [6.45, 7) is 3.63. The smallest absolute Gasteiger partial charge is 0.254 e. The number of carbonyl (C=O) groups is 1. The monoisotopic (exact) mass is 299 g/mol. The molecule has 1 saturated heterocycles. The Hall–Kier alpha value is -2.20. The Kier molecular flexibility index (Phi) is 4.20. The van der Waals surface area contributed by atoms with E-state index < -0.39 is 0 Å². The number of hydrogen-bond acceptors (Lipinski definition) is 2. The van der Waals surface area contributed by atoms with Crippen molar-refractivity contribution in [1.29, 1.82) is 0 Å². The van der Waals surface area contributed by atoms with E-state index in [0.717, 1.165) is 16.7 Å². The third kappa shape index (κ3) is 3.34. The fraction of sp³-hybridized carbons (Fsp3) is 0.278. The molecule has 1 aliphatic rings. The van der Waals surface area contributed by atoms with Crippen molar-refractivity contribution in [1.82, 2.24) is 4.90 Å². The predicted octanol–water partition coefficient (Wildman–Crippen LogP) is 3.18. The van der Waals surface area contributed by atoms with Gasteiger partial charge < -0.3 is 9.64 Å². The molecule has 0 atom stereocenters. The average molecular weight is 299 g/mol. The topological polar surface area (TPSA) is 29.5 Å². The van der Waals surface area contributed by atoms with Crippen LogP contribution >= 0.6 is 0 Å². The lowest BCUT2D eigenvalue weighted by Crippen LogP contribution is -2.54. The lowest BCUT2D eigenvalue weighted by atomic mass is 10.1. The number of rotatable bonds is 4. The van der Waals surface area contributed by atoms with Gasteiger partial charge in [-0.2, -0.15) is 0 Å². The van der Waals surface area contributed by atoms with Crippen molar-refractivity contribution < 1.29 is 13.9 Å². The van der Waals surface area contributed by atoms with Crippen LogP contribution in [0.2, 0.25) is 0 Å². The van der Waals surface area contributed by atoms with E-state index in [2.05, 4.69) is 0 Å². The Morgan fingerprint density at radius 3 is 2.64 bits per heavy atom. The van der Waals surface area contributed by atoms with E-state index in [4.69, 9.17) is 4.74 Å². The van der Waals surface area contributed by atoms with Crippen LogP contribution in [0.5, 0.6) is 0 Å². The molecule has 2 aromatic rings. The number of carbonyl (C=O) groups excluding carboxylic acids is 1. The van der Waals surface area contributed by atoms with Crippen molar-refractivity contribution in [2.75, 3.05) is 13.1 Å². The molecule has 1 aliphatic heterocycles. The van der Waals surface area contributed by atoms with Gasteiger partial charge in [-0.25, -0.2) is 4.39 Å². The molecular weight excluding hydrogens is 281 g/mol. The zero-order chi connectivity index (χ0) is 15.5. The number of nitrogens with zero attached hydrogens (tertiary/aromatic N) is 1. The standard InChI is InChI=1S/C18H18FNO2/c1-13-3-2-4-15(9-13)18(21)20-10-17(11-20)22-12-14-5-7-16(19)8-6-14/h2-9,17H,10-12H2,1H3. The summed E-state index contributed by atoms with van der Waals surface area (Å²) in [5.41, 5.74) is 2.73.